The predicted molar refractivity (Wildman–Crippen MR) is 85.4 cm³/mol. The second-order valence-corrected chi connectivity index (χ2v) is 5.22. The second-order valence-electron chi connectivity index (χ2n) is 5.22. The average molecular weight is 294 g/mol. The van der Waals surface area contributed by atoms with Crippen molar-refractivity contribution in [2.75, 3.05) is 37.3 Å². The summed E-state index contributed by atoms with van der Waals surface area (Å²) in [6.07, 6.45) is 0. The molecule has 21 heavy (non-hydrogen) atoms. The van der Waals surface area contributed by atoms with Crippen LogP contribution in [0, 0.1) is 5.92 Å². The van der Waals surface area contributed by atoms with Crippen LogP contribution in [0.3, 0.4) is 0 Å². The van der Waals surface area contributed by atoms with Crippen molar-refractivity contribution in [3.05, 3.63) is 12.1 Å². The van der Waals surface area contributed by atoms with Gasteiger partial charge >= 0.3 is 0 Å². The van der Waals surface area contributed by atoms with Crippen LogP contribution in [0.4, 0.5) is 11.5 Å². The van der Waals surface area contributed by atoms with Crippen molar-refractivity contribution in [3.63, 3.8) is 0 Å². The van der Waals surface area contributed by atoms with Gasteiger partial charge in [0.2, 0.25) is 11.8 Å². The molecule has 6 nitrogen and oxygen atoms in total. The molecule has 0 aliphatic rings. The van der Waals surface area contributed by atoms with E-state index in [1.54, 1.807) is 17.0 Å². The summed E-state index contributed by atoms with van der Waals surface area (Å²) in [5.41, 5.74) is 6.33. The smallest absolute Gasteiger partial charge is 0.241 e. The zero-order chi connectivity index (χ0) is 15.8. The van der Waals surface area contributed by atoms with Gasteiger partial charge in [0.05, 0.1) is 18.8 Å². The molecule has 118 valence electrons. The number of pyridine rings is 1. The molecule has 0 saturated heterocycles. The Morgan fingerprint density at radius 1 is 1.38 bits per heavy atom. The summed E-state index contributed by atoms with van der Waals surface area (Å²) < 4.78 is 5.56. The molecule has 0 atom stereocenters. The molecular weight excluding hydrogens is 268 g/mol. The van der Waals surface area contributed by atoms with Gasteiger partial charge in [-0.1, -0.05) is 13.8 Å². The first kappa shape index (κ1) is 17.1. The van der Waals surface area contributed by atoms with Gasteiger partial charge in [0.15, 0.2) is 0 Å². The molecule has 1 aromatic heterocycles. The maximum Gasteiger partial charge on any atom is 0.241 e. The lowest BCUT2D eigenvalue weighted by molar-refractivity contribution is -0.128. The Hall–Kier alpha value is -1.98. The zero-order valence-corrected chi connectivity index (χ0v) is 13.3. The number of nitrogens with one attached hydrogen (secondary N) is 1. The van der Waals surface area contributed by atoms with Crippen LogP contribution in [-0.2, 0) is 4.79 Å². The summed E-state index contributed by atoms with van der Waals surface area (Å²) in [5.74, 6) is 1.43. The Kier molecular flexibility index (Phi) is 6.78. The molecule has 0 aliphatic carbocycles. The average Bonchev–Trinajstić information content (AvgIpc) is 2.46. The monoisotopic (exact) mass is 294 g/mol. The number of likely N-dealkylation sites (N-methyl/N-ethyl adjacent to an activating group) is 1. The molecule has 0 radical (unpaired) electrons. The fourth-order valence-corrected chi connectivity index (χ4v) is 1.77. The molecule has 0 aromatic carbocycles. The highest BCUT2D eigenvalue weighted by Crippen LogP contribution is 2.21. The van der Waals surface area contributed by atoms with Crippen LogP contribution in [0.2, 0.25) is 0 Å². The topological polar surface area (TPSA) is 80.5 Å². The van der Waals surface area contributed by atoms with Crippen LogP contribution in [0.1, 0.15) is 27.7 Å². The highest BCUT2D eigenvalue weighted by atomic mass is 16.5. The molecule has 3 N–H and O–H groups in total. The lowest BCUT2D eigenvalue weighted by atomic mass is 10.2. The quantitative estimate of drug-likeness (QED) is 0.766. The Balaban J connectivity index is 2.63. The van der Waals surface area contributed by atoms with E-state index in [2.05, 4.69) is 24.1 Å². The van der Waals surface area contributed by atoms with E-state index in [0.717, 1.165) is 0 Å². The summed E-state index contributed by atoms with van der Waals surface area (Å²) >= 11 is 0. The fourth-order valence-electron chi connectivity index (χ4n) is 1.77. The number of rotatable bonds is 8. The van der Waals surface area contributed by atoms with E-state index in [-0.39, 0.29) is 12.5 Å². The van der Waals surface area contributed by atoms with Crippen molar-refractivity contribution in [2.24, 2.45) is 5.92 Å². The van der Waals surface area contributed by atoms with Crippen LogP contribution in [0.5, 0.6) is 5.88 Å². The molecule has 1 rings (SSSR count). The maximum atomic E-state index is 11.9. The number of carbonyl (C=O) groups is 1. The van der Waals surface area contributed by atoms with Gasteiger partial charge in [0.1, 0.15) is 5.82 Å². The molecule has 1 aromatic rings. The Labute approximate surface area is 126 Å². The van der Waals surface area contributed by atoms with Crippen molar-refractivity contribution >= 4 is 17.4 Å². The standard InChI is InChI=1S/C15H26N4O2/c1-5-19(6-2)14(20)9-17-13-8-7-12(16)15(18-13)21-10-11(3)4/h7-8,11H,5-6,9-10,16H2,1-4H3,(H,17,18). The van der Waals surface area contributed by atoms with E-state index in [9.17, 15) is 4.79 Å². The number of carbonyl (C=O) groups excluding carboxylic acids is 1. The van der Waals surface area contributed by atoms with E-state index in [1.165, 1.54) is 0 Å². The molecule has 0 bridgehead atoms. The van der Waals surface area contributed by atoms with Crippen molar-refractivity contribution in [3.8, 4) is 5.88 Å². The Morgan fingerprint density at radius 2 is 2.05 bits per heavy atom. The summed E-state index contributed by atoms with van der Waals surface area (Å²) in [5, 5.41) is 3.01. The molecule has 0 aliphatic heterocycles. The molecule has 1 heterocycles. The number of nitrogen functional groups attached to an aromatic ring is 1. The van der Waals surface area contributed by atoms with Gasteiger partial charge in [0.25, 0.3) is 0 Å². The highest BCUT2D eigenvalue weighted by molar-refractivity contribution is 5.80. The predicted octanol–water partition coefficient (Wildman–Crippen LogP) is 1.98. The third kappa shape index (κ3) is 5.49. The zero-order valence-electron chi connectivity index (χ0n) is 13.3. The summed E-state index contributed by atoms with van der Waals surface area (Å²) in [4.78, 5) is 18.0. The lowest BCUT2D eigenvalue weighted by Crippen LogP contribution is -2.35. The number of amides is 1. The van der Waals surface area contributed by atoms with Crippen LogP contribution in [0.15, 0.2) is 12.1 Å². The van der Waals surface area contributed by atoms with Crippen molar-refractivity contribution < 1.29 is 9.53 Å². The first-order valence-electron chi connectivity index (χ1n) is 7.38. The van der Waals surface area contributed by atoms with Gasteiger partial charge < -0.3 is 20.7 Å². The molecule has 0 fully saturated rings. The number of anilines is 2. The fraction of sp³-hybridized carbons (Fsp3) is 0.600. The first-order valence-corrected chi connectivity index (χ1v) is 7.38. The third-order valence-corrected chi connectivity index (χ3v) is 2.98. The number of nitrogens with two attached hydrogens (primary N) is 1. The lowest BCUT2D eigenvalue weighted by Gasteiger charge is -2.19. The van der Waals surface area contributed by atoms with Crippen LogP contribution in [0.25, 0.3) is 0 Å². The van der Waals surface area contributed by atoms with Gasteiger partial charge in [-0.2, -0.15) is 4.98 Å². The minimum atomic E-state index is 0.0447. The molecule has 0 saturated carbocycles. The Bertz CT molecular complexity index is 459. The van der Waals surface area contributed by atoms with Crippen LogP contribution in [-0.4, -0.2) is 42.0 Å². The van der Waals surface area contributed by atoms with E-state index in [0.29, 0.717) is 43.0 Å². The van der Waals surface area contributed by atoms with Crippen molar-refractivity contribution in [1.82, 2.24) is 9.88 Å². The largest absolute Gasteiger partial charge is 0.476 e. The maximum absolute atomic E-state index is 11.9. The SMILES string of the molecule is CCN(CC)C(=O)CNc1ccc(N)c(OCC(C)C)n1. The third-order valence-electron chi connectivity index (χ3n) is 2.98. The molecule has 0 spiro atoms. The number of hydrogen-bond donors (Lipinski definition) is 2. The molecule has 1 amide bonds. The highest BCUT2D eigenvalue weighted by Gasteiger charge is 2.10. The number of nitrogens with zero attached hydrogens (tertiary/aromatic N) is 2. The molecular formula is C15H26N4O2. The normalized spacial score (nSPS) is 10.5. The number of ether oxygens (including phenoxy) is 1. The Morgan fingerprint density at radius 3 is 2.62 bits per heavy atom. The molecule has 6 heteroatoms. The van der Waals surface area contributed by atoms with E-state index < -0.39 is 0 Å². The number of hydrogen-bond acceptors (Lipinski definition) is 5. The minimum Gasteiger partial charge on any atom is -0.476 e. The van der Waals surface area contributed by atoms with Gasteiger partial charge in [-0.3, -0.25) is 4.79 Å². The first-order chi connectivity index (χ1) is 9.97. The van der Waals surface area contributed by atoms with Gasteiger partial charge in [0, 0.05) is 13.1 Å². The van der Waals surface area contributed by atoms with Gasteiger partial charge in [-0.25, -0.2) is 0 Å². The van der Waals surface area contributed by atoms with Crippen LogP contribution < -0.4 is 15.8 Å². The minimum absolute atomic E-state index is 0.0447. The van der Waals surface area contributed by atoms with Gasteiger partial charge in [-0.05, 0) is 31.9 Å². The van der Waals surface area contributed by atoms with E-state index in [4.69, 9.17) is 10.5 Å². The molecule has 0 unspecified atom stereocenters. The number of aromatic nitrogens is 1. The van der Waals surface area contributed by atoms with E-state index >= 15 is 0 Å². The van der Waals surface area contributed by atoms with Crippen LogP contribution >= 0.6 is 0 Å². The van der Waals surface area contributed by atoms with Crippen molar-refractivity contribution in [1.29, 1.82) is 0 Å². The van der Waals surface area contributed by atoms with Crippen molar-refractivity contribution in [2.45, 2.75) is 27.7 Å². The van der Waals surface area contributed by atoms with Gasteiger partial charge in [-0.15, -0.1) is 0 Å². The second kappa shape index (κ2) is 8.34. The summed E-state index contributed by atoms with van der Waals surface area (Å²) in [6, 6.07) is 3.47. The summed E-state index contributed by atoms with van der Waals surface area (Å²) in [7, 11) is 0. The summed E-state index contributed by atoms with van der Waals surface area (Å²) in [6.45, 7) is 10.2. The van der Waals surface area contributed by atoms with E-state index in [1.807, 2.05) is 13.8 Å².